The predicted molar refractivity (Wildman–Crippen MR) is 160 cm³/mol. The molecule has 9 nitrogen and oxygen atoms in total. The predicted octanol–water partition coefficient (Wildman–Crippen LogP) is 5.03. The number of hydrogen-bond donors (Lipinski definition) is 3. The summed E-state index contributed by atoms with van der Waals surface area (Å²) >= 11 is 0. The monoisotopic (exact) mass is 572 g/mol. The van der Waals surface area contributed by atoms with Crippen LogP contribution in [0.5, 0.6) is 23.0 Å². The van der Waals surface area contributed by atoms with Crippen molar-refractivity contribution >= 4 is 11.6 Å². The fraction of sp³-hybridized carbons (Fsp3) is 0.594. The summed E-state index contributed by atoms with van der Waals surface area (Å²) < 4.78 is 27.5. The third kappa shape index (κ3) is 9.24. The second-order valence-electron chi connectivity index (χ2n) is 11.5. The highest BCUT2D eigenvalue weighted by Crippen LogP contribution is 2.39. The number of nitrogens with one attached hydrogen (secondary N) is 1. The van der Waals surface area contributed by atoms with Crippen LogP contribution in [0.3, 0.4) is 0 Å². The van der Waals surface area contributed by atoms with E-state index in [1.165, 1.54) is 0 Å². The van der Waals surface area contributed by atoms with Gasteiger partial charge in [0.2, 0.25) is 12.7 Å². The maximum absolute atomic E-state index is 13.3. The Kier molecular flexibility index (Phi) is 12.6. The number of carbonyl (C=O) groups excluding carboxylic acids is 1. The summed E-state index contributed by atoms with van der Waals surface area (Å²) in [4.78, 5) is 13.3. The van der Waals surface area contributed by atoms with Crippen molar-refractivity contribution in [1.82, 2.24) is 0 Å². The standard InChI is InChI=1S/C32H48N2O7/c1-20(2)23(15-22-11-12-28(38-6)30(16-22)39-14-8-13-37-5)17-25(33)27(35)18-24(21(3)4)32(36)34-26-9-7-10-29-31(26)41-19-40-29/h7,9-12,16,20-21,23-25,27,35H,8,13-15,17-19,33H2,1-6H3,(H,34,36)/t23-,24-,25-,27-/m0/s1. The third-order valence-corrected chi connectivity index (χ3v) is 7.78. The van der Waals surface area contributed by atoms with Crippen LogP contribution in [0.1, 0.15) is 52.5 Å². The van der Waals surface area contributed by atoms with Crippen LogP contribution in [0, 0.1) is 23.7 Å². The van der Waals surface area contributed by atoms with Gasteiger partial charge in [0, 0.05) is 32.1 Å². The van der Waals surface area contributed by atoms with E-state index in [4.69, 9.17) is 29.4 Å². The van der Waals surface area contributed by atoms with Gasteiger partial charge >= 0.3 is 0 Å². The van der Waals surface area contributed by atoms with Gasteiger partial charge in [-0.25, -0.2) is 0 Å². The van der Waals surface area contributed by atoms with Gasteiger partial charge in [0.25, 0.3) is 0 Å². The largest absolute Gasteiger partial charge is 0.493 e. The SMILES string of the molecule is COCCCOc1cc(C[C@@H](C[C@H](N)[C@@H](O)C[C@H](C(=O)Nc2cccc3c2OCO3)C(C)C)C(C)C)ccc1OC. The van der Waals surface area contributed by atoms with Gasteiger partial charge in [-0.15, -0.1) is 0 Å². The number of benzene rings is 2. The van der Waals surface area contributed by atoms with Gasteiger partial charge in [-0.05, 0) is 66.8 Å². The molecule has 0 bridgehead atoms. The van der Waals surface area contributed by atoms with Crippen molar-refractivity contribution < 1.29 is 33.6 Å². The molecule has 4 atom stereocenters. The molecule has 1 heterocycles. The highest BCUT2D eigenvalue weighted by Gasteiger charge is 2.31. The third-order valence-electron chi connectivity index (χ3n) is 7.78. The summed E-state index contributed by atoms with van der Waals surface area (Å²) in [5, 5.41) is 14.1. The topological polar surface area (TPSA) is 122 Å². The first-order valence-corrected chi connectivity index (χ1v) is 14.6. The Balaban J connectivity index is 1.63. The molecule has 41 heavy (non-hydrogen) atoms. The zero-order valence-corrected chi connectivity index (χ0v) is 25.4. The highest BCUT2D eigenvalue weighted by atomic mass is 16.7. The molecule has 4 N–H and O–H groups in total. The van der Waals surface area contributed by atoms with Gasteiger partial charge in [0.15, 0.2) is 23.0 Å². The molecule has 0 aromatic heterocycles. The fourth-order valence-electron chi connectivity index (χ4n) is 5.12. The second kappa shape index (κ2) is 15.8. The minimum absolute atomic E-state index is 0.00767. The minimum Gasteiger partial charge on any atom is -0.493 e. The van der Waals surface area contributed by atoms with Gasteiger partial charge in [0.05, 0.1) is 25.5 Å². The summed E-state index contributed by atoms with van der Waals surface area (Å²) in [5.74, 6) is 2.51. The molecule has 2 aromatic carbocycles. The van der Waals surface area contributed by atoms with Crippen LogP contribution >= 0.6 is 0 Å². The lowest BCUT2D eigenvalue weighted by Gasteiger charge is -2.30. The zero-order chi connectivity index (χ0) is 29.9. The molecule has 3 rings (SSSR count). The number of para-hydroxylation sites is 1. The van der Waals surface area contributed by atoms with E-state index in [1.807, 2.05) is 38.1 Å². The number of ether oxygens (including phenoxy) is 5. The van der Waals surface area contributed by atoms with Gasteiger partial charge < -0.3 is 39.8 Å². The Labute approximate surface area is 244 Å². The zero-order valence-electron chi connectivity index (χ0n) is 25.4. The Morgan fingerprint density at radius 2 is 1.80 bits per heavy atom. The molecule has 0 unspecified atom stereocenters. The molecule has 1 amide bonds. The van der Waals surface area contributed by atoms with Crippen LogP contribution in [-0.4, -0.2) is 57.4 Å². The van der Waals surface area contributed by atoms with E-state index in [1.54, 1.807) is 26.4 Å². The molecule has 0 spiro atoms. The highest BCUT2D eigenvalue weighted by molar-refractivity contribution is 5.94. The molecular formula is C32H48N2O7. The molecule has 2 aromatic rings. The molecule has 1 aliphatic rings. The van der Waals surface area contributed by atoms with Gasteiger partial charge in [-0.3, -0.25) is 4.79 Å². The van der Waals surface area contributed by atoms with E-state index < -0.39 is 18.1 Å². The maximum Gasteiger partial charge on any atom is 0.231 e. The molecule has 228 valence electrons. The van der Waals surface area contributed by atoms with Crippen LogP contribution < -0.4 is 30.0 Å². The van der Waals surface area contributed by atoms with Crippen molar-refractivity contribution in [2.24, 2.45) is 29.4 Å². The number of rotatable bonds is 17. The first-order chi connectivity index (χ1) is 19.6. The first kappa shape index (κ1) is 32.5. The van der Waals surface area contributed by atoms with Gasteiger partial charge in [-0.1, -0.05) is 39.8 Å². The van der Waals surface area contributed by atoms with E-state index in [0.29, 0.717) is 54.2 Å². The number of carbonyl (C=O) groups is 1. The number of methoxy groups -OCH3 is 2. The smallest absolute Gasteiger partial charge is 0.231 e. The summed E-state index contributed by atoms with van der Waals surface area (Å²) in [6.07, 6.45) is 1.64. The number of hydrogen-bond acceptors (Lipinski definition) is 8. The maximum atomic E-state index is 13.3. The van der Waals surface area contributed by atoms with E-state index in [-0.39, 0.29) is 31.0 Å². The fourth-order valence-corrected chi connectivity index (χ4v) is 5.12. The number of fused-ring (bicyclic) bond motifs is 1. The molecule has 0 saturated heterocycles. The van der Waals surface area contributed by atoms with Crippen LogP contribution in [0.4, 0.5) is 5.69 Å². The Bertz CT molecular complexity index is 1110. The van der Waals surface area contributed by atoms with E-state index >= 15 is 0 Å². The summed E-state index contributed by atoms with van der Waals surface area (Å²) in [7, 11) is 3.31. The van der Waals surface area contributed by atoms with Crippen molar-refractivity contribution in [3.8, 4) is 23.0 Å². The number of anilines is 1. The Morgan fingerprint density at radius 3 is 2.49 bits per heavy atom. The van der Waals surface area contributed by atoms with Crippen molar-refractivity contribution in [3.63, 3.8) is 0 Å². The number of nitrogens with two attached hydrogens (primary N) is 1. The number of amides is 1. The average Bonchev–Trinajstić information content (AvgIpc) is 3.43. The Morgan fingerprint density at radius 1 is 1.02 bits per heavy atom. The molecule has 0 saturated carbocycles. The lowest BCUT2D eigenvalue weighted by Crippen LogP contribution is -2.41. The number of aliphatic hydroxyl groups excluding tert-OH is 1. The molecule has 0 fully saturated rings. The summed E-state index contributed by atoms with van der Waals surface area (Å²) in [6.45, 7) is 9.60. The second-order valence-corrected chi connectivity index (χ2v) is 11.5. The van der Waals surface area contributed by atoms with Crippen LogP contribution in [0.2, 0.25) is 0 Å². The van der Waals surface area contributed by atoms with Gasteiger partial charge in [0.1, 0.15) is 0 Å². The molecule has 0 aliphatic carbocycles. The lowest BCUT2D eigenvalue weighted by atomic mass is 9.81. The van der Waals surface area contributed by atoms with Crippen LogP contribution in [-0.2, 0) is 16.0 Å². The summed E-state index contributed by atoms with van der Waals surface area (Å²) in [5.41, 5.74) is 8.26. The van der Waals surface area contributed by atoms with Crippen molar-refractivity contribution in [1.29, 1.82) is 0 Å². The summed E-state index contributed by atoms with van der Waals surface area (Å²) in [6, 6.07) is 10.9. The molecular weight excluding hydrogens is 524 g/mol. The molecule has 9 heteroatoms. The molecule has 0 radical (unpaired) electrons. The van der Waals surface area contributed by atoms with Crippen molar-refractivity contribution in [3.05, 3.63) is 42.0 Å². The van der Waals surface area contributed by atoms with E-state index in [0.717, 1.165) is 18.4 Å². The van der Waals surface area contributed by atoms with E-state index in [2.05, 4.69) is 19.2 Å². The number of aliphatic hydroxyl groups is 1. The van der Waals surface area contributed by atoms with Gasteiger partial charge in [-0.2, -0.15) is 0 Å². The normalized spacial score (nSPS) is 15.5. The Hall–Kier alpha value is -3.01. The van der Waals surface area contributed by atoms with Crippen molar-refractivity contribution in [2.45, 2.75) is 65.5 Å². The lowest BCUT2D eigenvalue weighted by molar-refractivity contribution is -0.122. The quantitative estimate of drug-likeness (QED) is 0.226. The van der Waals surface area contributed by atoms with Crippen LogP contribution in [0.25, 0.3) is 0 Å². The van der Waals surface area contributed by atoms with E-state index in [9.17, 15) is 9.90 Å². The van der Waals surface area contributed by atoms with Crippen molar-refractivity contribution in [2.75, 3.05) is 39.5 Å². The first-order valence-electron chi connectivity index (χ1n) is 14.6. The minimum atomic E-state index is -0.828. The average molecular weight is 573 g/mol. The van der Waals surface area contributed by atoms with Crippen LogP contribution in [0.15, 0.2) is 36.4 Å². The molecule has 1 aliphatic heterocycles.